The SMILES string of the molecule is CCN1CCN(C(=O)c2ccc(F)nc2)CC1C. The molecule has 0 spiro atoms. The molecule has 1 unspecified atom stereocenters. The van der Waals surface area contributed by atoms with Gasteiger partial charge in [-0.15, -0.1) is 0 Å². The van der Waals surface area contributed by atoms with Gasteiger partial charge in [-0.3, -0.25) is 9.69 Å². The van der Waals surface area contributed by atoms with Crippen molar-refractivity contribution in [1.82, 2.24) is 14.8 Å². The number of hydrogen-bond acceptors (Lipinski definition) is 3. The lowest BCUT2D eigenvalue weighted by atomic mass is 10.1. The Labute approximate surface area is 106 Å². The number of carbonyl (C=O) groups excluding carboxylic acids is 1. The van der Waals surface area contributed by atoms with E-state index in [9.17, 15) is 9.18 Å². The maximum atomic E-state index is 12.7. The Morgan fingerprint density at radius 3 is 2.83 bits per heavy atom. The lowest BCUT2D eigenvalue weighted by Crippen LogP contribution is -2.53. The Morgan fingerprint density at radius 2 is 2.28 bits per heavy atom. The second-order valence-corrected chi connectivity index (χ2v) is 4.60. The normalized spacial score (nSPS) is 21.1. The number of pyridine rings is 1. The number of halogens is 1. The third kappa shape index (κ3) is 2.67. The van der Waals surface area contributed by atoms with Crippen LogP contribution in [0, 0.1) is 5.95 Å². The summed E-state index contributed by atoms with van der Waals surface area (Å²) in [7, 11) is 0. The zero-order valence-corrected chi connectivity index (χ0v) is 10.8. The molecule has 1 atom stereocenters. The number of likely N-dealkylation sites (N-methyl/N-ethyl adjacent to an activating group) is 1. The summed E-state index contributed by atoms with van der Waals surface area (Å²) in [5.74, 6) is -0.624. The fourth-order valence-corrected chi connectivity index (χ4v) is 2.33. The lowest BCUT2D eigenvalue weighted by Gasteiger charge is -2.39. The van der Waals surface area contributed by atoms with Gasteiger partial charge >= 0.3 is 0 Å². The lowest BCUT2D eigenvalue weighted by molar-refractivity contribution is 0.0528. The van der Waals surface area contributed by atoms with Gasteiger partial charge in [-0.1, -0.05) is 6.92 Å². The molecule has 0 bridgehead atoms. The Morgan fingerprint density at radius 1 is 1.50 bits per heavy atom. The molecular weight excluding hydrogens is 233 g/mol. The summed E-state index contributed by atoms with van der Waals surface area (Å²) < 4.78 is 12.7. The van der Waals surface area contributed by atoms with Crippen LogP contribution in [0.4, 0.5) is 4.39 Å². The van der Waals surface area contributed by atoms with E-state index in [1.807, 2.05) is 4.90 Å². The van der Waals surface area contributed by atoms with Crippen LogP contribution in [-0.4, -0.2) is 52.9 Å². The maximum Gasteiger partial charge on any atom is 0.255 e. The Bertz CT molecular complexity index is 421. The molecule has 1 amide bonds. The van der Waals surface area contributed by atoms with Crippen molar-refractivity contribution in [3.05, 3.63) is 29.8 Å². The van der Waals surface area contributed by atoms with Crippen molar-refractivity contribution in [2.45, 2.75) is 19.9 Å². The molecule has 18 heavy (non-hydrogen) atoms. The Balaban J connectivity index is 2.04. The Hall–Kier alpha value is -1.49. The van der Waals surface area contributed by atoms with E-state index in [0.29, 0.717) is 24.7 Å². The number of aromatic nitrogens is 1. The minimum absolute atomic E-state index is 0.0647. The summed E-state index contributed by atoms with van der Waals surface area (Å²) in [6.07, 6.45) is 1.30. The molecule has 1 aliphatic rings. The first-order valence-corrected chi connectivity index (χ1v) is 6.26. The predicted octanol–water partition coefficient (Wildman–Crippen LogP) is 1.39. The van der Waals surface area contributed by atoms with Gasteiger partial charge in [-0.05, 0) is 25.6 Å². The molecule has 0 N–H and O–H groups in total. The molecular formula is C13H18FN3O. The average Bonchev–Trinajstić information content (AvgIpc) is 2.38. The van der Waals surface area contributed by atoms with Gasteiger partial charge in [0.1, 0.15) is 0 Å². The van der Waals surface area contributed by atoms with Crippen LogP contribution in [0.3, 0.4) is 0 Å². The van der Waals surface area contributed by atoms with Gasteiger partial charge in [0.25, 0.3) is 5.91 Å². The van der Waals surface area contributed by atoms with Gasteiger partial charge in [0.15, 0.2) is 0 Å². The van der Waals surface area contributed by atoms with Crippen LogP contribution in [0.25, 0.3) is 0 Å². The van der Waals surface area contributed by atoms with Gasteiger partial charge in [0.2, 0.25) is 5.95 Å². The van der Waals surface area contributed by atoms with Gasteiger partial charge in [-0.2, -0.15) is 4.39 Å². The average molecular weight is 251 g/mol. The van der Waals surface area contributed by atoms with Crippen LogP contribution >= 0.6 is 0 Å². The molecule has 0 aliphatic carbocycles. The number of carbonyl (C=O) groups is 1. The molecule has 1 aromatic rings. The molecule has 1 fully saturated rings. The molecule has 98 valence electrons. The van der Waals surface area contributed by atoms with E-state index in [-0.39, 0.29) is 5.91 Å². The summed E-state index contributed by atoms with van der Waals surface area (Å²) in [5.41, 5.74) is 0.452. The zero-order chi connectivity index (χ0) is 13.1. The van der Waals surface area contributed by atoms with E-state index < -0.39 is 5.95 Å². The second-order valence-electron chi connectivity index (χ2n) is 4.60. The third-order valence-corrected chi connectivity index (χ3v) is 3.43. The molecule has 1 aliphatic heterocycles. The summed E-state index contributed by atoms with van der Waals surface area (Å²) >= 11 is 0. The van der Waals surface area contributed by atoms with Crippen molar-refractivity contribution < 1.29 is 9.18 Å². The summed E-state index contributed by atoms with van der Waals surface area (Å²) in [5, 5.41) is 0. The van der Waals surface area contributed by atoms with Crippen molar-refractivity contribution in [3.8, 4) is 0 Å². The number of hydrogen-bond donors (Lipinski definition) is 0. The number of rotatable bonds is 2. The molecule has 1 saturated heterocycles. The zero-order valence-electron chi connectivity index (χ0n) is 10.8. The number of nitrogens with zero attached hydrogens (tertiary/aromatic N) is 3. The van der Waals surface area contributed by atoms with E-state index in [2.05, 4.69) is 23.7 Å². The van der Waals surface area contributed by atoms with E-state index in [1.54, 1.807) is 0 Å². The van der Waals surface area contributed by atoms with Crippen molar-refractivity contribution in [2.24, 2.45) is 0 Å². The van der Waals surface area contributed by atoms with Crippen LogP contribution in [0.2, 0.25) is 0 Å². The molecule has 0 radical (unpaired) electrons. The molecule has 2 rings (SSSR count). The van der Waals surface area contributed by atoms with Gasteiger partial charge < -0.3 is 4.90 Å². The van der Waals surface area contributed by atoms with E-state index in [1.165, 1.54) is 18.3 Å². The molecule has 5 heteroatoms. The fraction of sp³-hybridized carbons (Fsp3) is 0.538. The summed E-state index contributed by atoms with van der Waals surface area (Å²) in [4.78, 5) is 19.9. The van der Waals surface area contributed by atoms with Gasteiger partial charge in [0.05, 0.1) is 5.56 Å². The monoisotopic (exact) mass is 251 g/mol. The largest absolute Gasteiger partial charge is 0.336 e. The van der Waals surface area contributed by atoms with Crippen molar-refractivity contribution in [2.75, 3.05) is 26.2 Å². The first kappa shape index (κ1) is 13.0. The topological polar surface area (TPSA) is 36.4 Å². The highest BCUT2D eigenvalue weighted by molar-refractivity contribution is 5.94. The minimum atomic E-state index is -0.560. The van der Waals surface area contributed by atoms with Crippen molar-refractivity contribution in [3.63, 3.8) is 0 Å². The van der Waals surface area contributed by atoms with Gasteiger partial charge in [0, 0.05) is 31.9 Å². The van der Waals surface area contributed by atoms with E-state index in [0.717, 1.165) is 13.1 Å². The number of amides is 1. The van der Waals surface area contributed by atoms with Crippen LogP contribution in [0.1, 0.15) is 24.2 Å². The molecule has 0 saturated carbocycles. The van der Waals surface area contributed by atoms with Crippen molar-refractivity contribution in [1.29, 1.82) is 0 Å². The standard InChI is InChI=1S/C13H18FN3O/c1-3-16-6-7-17(9-10(16)2)13(18)11-4-5-12(14)15-8-11/h4-5,8,10H,3,6-7,9H2,1-2H3. The fourth-order valence-electron chi connectivity index (χ4n) is 2.33. The van der Waals surface area contributed by atoms with Gasteiger partial charge in [-0.25, -0.2) is 4.98 Å². The Kier molecular flexibility index (Phi) is 3.91. The highest BCUT2D eigenvalue weighted by atomic mass is 19.1. The first-order valence-electron chi connectivity index (χ1n) is 6.26. The molecule has 0 aromatic carbocycles. The van der Waals surface area contributed by atoms with Crippen LogP contribution in [0.15, 0.2) is 18.3 Å². The van der Waals surface area contributed by atoms with Crippen molar-refractivity contribution >= 4 is 5.91 Å². The quantitative estimate of drug-likeness (QED) is 0.745. The third-order valence-electron chi connectivity index (χ3n) is 3.43. The molecule has 4 nitrogen and oxygen atoms in total. The van der Waals surface area contributed by atoms with Crippen LogP contribution < -0.4 is 0 Å². The highest BCUT2D eigenvalue weighted by Gasteiger charge is 2.26. The smallest absolute Gasteiger partial charge is 0.255 e. The molecule has 2 heterocycles. The molecule has 1 aromatic heterocycles. The maximum absolute atomic E-state index is 12.7. The minimum Gasteiger partial charge on any atom is -0.336 e. The first-order chi connectivity index (χ1) is 8.61. The van der Waals surface area contributed by atoms with Crippen LogP contribution in [-0.2, 0) is 0 Å². The van der Waals surface area contributed by atoms with E-state index >= 15 is 0 Å². The summed E-state index contributed by atoms with van der Waals surface area (Å²) in [6.45, 7) is 7.56. The van der Waals surface area contributed by atoms with E-state index in [4.69, 9.17) is 0 Å². The predicted molar refractivity (Wildman–Crippen MR) is 66.8 cm³/mol. The highest BCUT2D eigenvalue weighted by Crippen LogP contribution is 2.12. The number of piperazine rings is 1. The summed E-state index contributed by atoms with van der Waals surface area (Å²) in [6, 6.07) is 3.07. The second kappa shape index (κ2) is 5.44. The van der Waals surface area contributed by atoms with Crippen LogP contribution in [0.5, 0.6) is 0 Å².